The highest BCUT2D eigenvalue weighted by atomic mass is 32.1. The molecule has 0 saturated carbocycles. The van der Waals surface area contributed by atoms with Gasteiger partial charge < -0.3 is 5.32 Å². The van der Waals surface area contributed by atoms with Gasteiger partial charge in [0.25, 0.3) is 5.91 Å². The summed E-state index contributed by atoms with van der Waals surface area (Å²) in [5.41, 5.74) is 5.66. The molecule has 0 atom stereocenters. The minimum atomic E-state index is -0.119. The van der Waals surface area contributed by atoms with Gasteiger partial charge in [-0.3, -0.25) is 9.59 Å². The van der Waals surface area contributed by atoms with E-state index in [0.29, 0.717) is 18.4 Å². The lowest BCUT2D eigenvalue weighted by Gasteiger charge is -2.12. The Bertz CT molecular complexity index is 690. The zero-order valence-corrected chi connectivity index (χ0v) is 11.9. The van der Waals surface area contributed by atoms with E-state index in [1.165, 1.54) is 11.3 Å². The summed E-state index contributed by atoms with van der Waals surface area (Å²) in [5, 5.41) is 10.6. The smallest absolute Gasteiger partial charge is 0.256 e. The lowest BCUT2D eigenvalue weighted by atomic mass is 10.0. The number of hydrogen-bond donors (Lipinski definition) is 2. The molecule has 0 saturated heterocycles. The number of hydrazone groups is 1. The normalized spacial score (nSPS) is 14.3. The number of anilines is 1. The summed E-state index contributed by atoms with van der Waals surface area (Å²) in [6, 6.07) is 9.23. The van der Waals surface area contributed by atoms with E-state index in [0.717, 1.165) is 17.0 Å². The Morgan fingerprint density at radius 3 is 2.62 bits per heavy atom. The van der Waals surface area contributed by atoms with Crippen LogP contribution in [0.25, 0.3) is 0 Å². The Balaban J connectivity index is 1.70. The minimum Gasteiger partial charge on any atom is -0.322 e. The summed E-state index contributed by atoms with van der Waals surface area (Å²) >= 11 is 1.49. The molecule has 0 unspecified atom stereocenters. The van der Waals surface area contributed by atoms with Crippen molar-refractivity contribution in [2.45, 2.75) is 12.8 Å². The first kappa shape index (κ1) is 13.5. The van der Waals surface area contributed by atoms with Gasteiger partial charge in [-0.2, -0.15) is 16.4 Å². The van der Waals surface area contributed by atoms with Crippen LogP contribution in [0.2, 0.25) is 0 Å². The van der Waals surface area contributed by atoms with Crippen LogP contribution in [0.3, 0.4) is 0 Å². The molecule has 0 radical (unpaired) electrons. The summed E-state index contributed by atoms with van der Waals surface area (Å²) in [7, 11) is 0. The van der Waals surface area contributed by atoms with Gasteiger partial charge in [-0.05, 0) is 29.1 Å². The first-order valence-corrected chi connectivity index (χ1v) is 7.46. The Morgan fingerprint density at radius 2 is 2.00 bits per heavy atom. The Kier molecular flexibility index (Phi) is 3.79. The largest absolute Gasteiger partial charge is 0.322 e. The summed E-state index contributed by atoms with van der Waals surface area (Å²) in [5.74, 6) is -0.176. The minimum absolute atomic E-state index is 0.0570. The number of carbonyl (C=O) groups is 2. The molecule has 2 N–H and O–H groups in total. The van der Waals surface area contributed by atoms with E-state index in [2.05, 4.69) is 15.8 Å². The summed E-state index contributed by atoms with van der Waals surface area (Å²) in [4.78, 5) is 23.0. The highest BCUT2D eigenvalue weighted by Crippen LogP contribution is 2.15. The van der Waals surface area contributed by atoms with Crippen LogP contribution in [0.1, 0.15) is 28.8 Å². The Morgan fingerprint density at radius 1 is 1.19 bits per heavy atom. The topological polar surface area (TPSA) is 70.6 Å². The van der Waals surface area contributed by atoms with Gasteiger partial charge in [0, 0.05) is 23.9 Å². The molecule has 5 nitrogen and oxygen atoms in total. The van der Waals surface area contributed by atoms with Gasteiger partial charge in [0.2, 0.25) is 5.91 Å². The molecule has 21 heavy (non-hydrogen) atoms. The van der Waals surface area contributed by atoms with Crippen molar-refractivity contribution in [3.63, 3.8) is 0 Å². The maximum absolute atomic E-state index is 11.9. The van der Waals surface area contributed by atoms with Crippen molar-refractivity contribution >= 4 is 34.6 Å². The van der Waals surface area contributed by atoms with Gasteiger partial charge in [-0.15, -0.1) is 0 Å². The highest BCUT2D eigenvalue weighted by Gasteiger charge is 2.13. The van der Waals surface area contributed by atoms with E-state index in [1.54, 1.807) is 6.07 Å². The number of hydrogen-bond acceptors (Lipinski definition) is 4. The molecule has 1 aliphatic rings. The molecule has 0 bridgehead atoms. The van der Waals surface area contributed by atoms with Crippen molar-refractivity contribution in [3.05, 3.63) is 52.2 Å². The van der Waals surface area contributed by atoms with Gasteiger partial charge in [-0.1, -0.05) is 12.1 Å². The maximum atomic E-state index is 11.9. The molecule has 2 aromatic rings. The molecule has 6 heteroatoms. The van der Waals surface area contributed by atoms with E-state index in [9.17, 15) is 9.59 Å². The van der Waals surface area contributed by atoms with Crippen LogP contribution in [0.15, 0.2) is 46.2 Å². The first-order chi connectivity index (χ1) is 10.2. The van der Waals surface area contributed by atoms with Gasteiger partial charge in [0.05, 0.1) is 11.3 Å². The first-order valence-electron chi connectivity index (χ1n) is 6.52. The average Bonchev–Trinajstić information content (AvgIpc) is 3.03. The second kappa shape index (κ2) is 5.88. The van der Waals surface area contributed by atoms with Crippen molar-refractivity contribution in [2.75, 3.05) is 5.32 Å². The molecule has 2 amide bonds. The molecule has 1 aromatic carbocycles. The number of rotatable bonds is 3. The third kappa shape index (κ3) is 3.17. The standard InChI is InChI=1S/C15H13N3O2S/c19-14-6-5-13(17-18-14)10-1-3-12(4-2-10)16-15(20)11-7-8-21-9-11/h1-4,7-9H,5-6H2,(H,16,20)(H,18,19). The van der Waals surface area contributed by atoms with Crippen molar-refractivity contribution in [2.24, 2.45) is 5.10 Å². The molecule has 1 aromatic heterocycles. The number of nitrogens with zero attached hydrogens (tertiary/aromatic N) is 1. The fourth-order valence-corrected chi connectivity index (χ4v) is 2.66. The van der Waals surface area contributed by atoms with Gasteiger partial charge >= 0.3 is 0 Å². The van der Waals surface area contributed by atoms with Crippen LogP contribution in [-0.2, 0) is 4.79 Å². The summed E-state index contributed by atoms with van der Waals surface area (Å²) in [6.45, 7) is 0. The number of thiophene rings is 1. The molecule has 106 valence electrons. The van der Waals surface area contributed by atoms with E-state index in [-0.39, 0.29) is 11.8 Å². The molecular formula is C15H13N3O2S. The van der Waals surface area contributed by atoms with Crippen molar-refractivity contribution in [3.8, 4) is 0 Å². The maximum Gasteiger partial charge on any atom is 0.256 e. The van der Waals surface area contributed by atoms with Crippen LogP contribution in [0.4, 0.5) is 5.69 Å². The molecule has 0 spiro atoms. The van der Waals surface area contributed by atoms with Crippen molar-refractivity contribution in [1.82, 2.24) is 5.43 Å². The Hall–Kier alpha value is -2.47. The predicted octanol–water partition coefficient (Wildman–Crippen LogP) is 2.61. The fourth-order valence-electron chi connectivity index (χ4n) is 2.03. The summed E-state index contributed by atoms with van der Waals surface area (Å²) in [6.07, 6.45) is 1.09. The third-order valence-electron chi connectivity index (χ3n) is 3.16. The highest BCUT2D eigenvalue weighted by molar-refractivity contribution is 7.08. The molecule has 3 rings (SSSR count). The van der Waals surface area contributed by atoms with Gasteiger partial charge in [-0.25, -0.2) is 5.43 Å². The zero-order valence-electron chi connectivity index (χ0n) is 11.1. The second-order valence-corrected chi connectivity index (χ2v) is 5.42. The number of amides is 2. The number of carbonyl (C=O) groups excluding carboxylic acids is 2. The Labute approximate surface area is 125 Å². The monoisotopic (exact) mass is 299 g/mol. The van der Waals surface area contributed by atoms with Gasteiger partial charge in [0.15, 0.2) is 0 Å². The predicted molar refractivity (Wildman–Crippen MR) is 82.6 cm³/mol. The number of nitrogens with one attached hydrogen (secondary N) is 2. The molecule has 0 aliphatic carbocycles. The van der Waals surface area contributed by atoms with Crippen LogP contribution >= 0.6 is 11.3 Å². The zero-order chi connectivity index (χ0) is 14.7. The van der Waals surface area contributed by atoms with E-state index < -0.39 is 0 Å². The third-order valence-corrected chi connectivity index (χ3v) is 3.85. The molecule has 2 heterocycles. The molecular weight excluding hydrogens is 286 g/mol. The summed E-state index contributed by atoms with van der Waals surface area (Å²) < 4.78 is 0. The van der Waals surface area contributed by atoms with Crippen molar-refractivity contribution in [1.29, 1.82) is 0 Å². The van der Waals surface area contributed by atoms with Crippen molar-refractivity contribution < 1.29 is 9.59 Å². The fraction of sp³-hybridized carbons (Fsp3) is 0.133. The van der Waals surface area contributed by atoms with Crippen LogP contribution in [0, 0.1) is 0 Å². The molecule has 0 fully saturated rings. The number of benzene rings is 1. The lowest BCUT2D eigenvalue weighted by molar-refractivity contribution is -0.121. The van der Waals surface area contributed by atoms with E-state index in [1.807, 2.05) is 35.0 Å². The van der Waals surface area contributed by atoms with Crippen LogP contribution < -0.4 is 10.7 Å². The van der Waals surface area contributed by atoms with Gasteiger partial charge in [0.1, 0.15) is 0 Å². The molecule has 1 aliphatic heterocycles. The quantitative estimate of drug-likeness (QED) is 0.914. The van der Waals surface area contributed by atoms with Crippen LogP contribution in [-0.4, -0.2) is 17.5 Å². The van der Waals surface area contributed by atoms with Crippen LogP contribution in [0.5, 0.6) is 0 Å². The van der Waals surface area contributed by atoms with E-state index in [4.69, 9.17) is 0 Å². The van der Waals surface area contributed by atoms with E-state index >= 15 is 0 Å². The lowest BCUT2D eigenvalue weighted by Crippen LogP contribution is -2.25. The second-order valence-electron chi connectivity index (χ2n) is 4.64. The average molecular weight is 299 g/mol. The SMILES string of the molecule is O=C1CCC(c2ccc(NC(=O)c3ccsc3)cc2)=NN1.